The Kier molecular flexibility index (Phi) is 4.48. The van der Waals surface area contributed by atoms with Gasteiger partial charge in [-0.1, -0.05) is 32.9 Å². The van der Waals surface area contributed by atoms with Gasteiger partial charge in [-0.15, -0.1) is 0 Å². The maximum Gasteiger partial charge on any atom is 0.340 e. The van der Waals surface area contributed by atoms with Gasteiger partial charge in [0.1, 0.15) is 0 Å². The van der Waals surface area contributed by atoms with Crippen LogP contribution in [0.1, 0.15) is 38.1 Å². The van der Waals surface area contributed by atoms with Crippen molar-refractivity contribution in [2.45, 2.75) is 27.7 Å². The molecule has 4 nitrogen and oxygen atoms in total. The molecule has 1 aromatic carbocycles. The number of carbonyl (C=O) groups is 2. The van der Waals surface area contributed by atoms with Crippen LogP contribution in [-0.4, -0.2) is 18.5 Å². The van der Waals surface area contributed by atoms with Gasteiger partial charge in [0.15, 0.2) is 0 Å². The third kappa shape index (κ3) is 3.58. The number of benzene rings is 1. The lowest BCUT2D eigenvalue weighted by molar-refractivity contribution is -0.123. The van der Waals surface area contributed by atoms with E-state index in [9.17, 15) is 9.59 Å². The van der Waals surface area contributed by atoms with E-state index >= 15 is 0 Å². The Balaban J connectivity index is 2.96. The molecule has 0 radical (unpaired) electrons. The summed E-state index contributed by atoms with van der Waals surface area (Å²) in [6, 6.07) is 6.83. The summed E-state index contributed by atoms with van der Waals surface area (Å²) >= 11 is 0. The molecule has 98 valence electrons. The number of rotatable bonds is 3. The first kappa shape index (κ1) is 14.2. The molecule has 18 heavy (non-hydrogen) atoms. The Morgan fingerprint density at radius 2 is 1.83 bits per heavy atom. The van der Waals surface area contributed by atoms with Crippen LogP contribution in [0.15, 0.2) is 24.3 Å². The summed E-state index contributed by atoms with van der Waals surface area (Å²) in [4.78, 5) is 23.6. The van der Waals surface area contributed by atoms with Crippen LogP contribution in [0.4, 0.5) is 5.69 Å². The number of esters is 1. The molecule has 0 unspecified atom stereocenters. The van der Waals surface area contributed by atoms with Crippen molar-refractivity contribution in [3.63, 3.8) is 0 Å². The predicted octanol–water partition coefficient (Wildman–Crippen LogP) is 2.85. The molecule has 0 bridgehead atoms. The number of hydrogen-bond acceptors (Lipinski definition) is 3. The Labute approximate surface area is 107 Å². The minimum atomic E-state index is -0.512. The Hall–Kier alpha value is -1.84. The molecule has 1 N–H and O–H groups in total. The highest BCUT2D eigenvalue weighted by molar-refractivity contribution is 6.02. The van der Waals surface area contributed by atoms with Crippen LogP contribution in [-0.2, 0) is 9.53 Å². The molecule has 4 heteroatoms. The highest BCUT2D eigenvalue weighted by Gasteiger charge is 2.23. The average Bonchev–Trinajstić information content (AvgIpc) is 2.28. The zero-order chi connectivity index (χ0) is 13.8. The Morgan fingerprint density at radius 1 is 1.22 bits per heavy atom. The van der Waals surface area contributed by atoms with Gasteiger partial charge >= 0.3 is 5.97 Å². The normalized spacial score (nSPS) is 10.9. The summed E-state index contributed by atoms with van der Waals surface area (Å²) in [5, 5.41) is 2.75. The minimum absolute atomic E-state index is 0.140. The highest BCUT2D eigenvalue weighted by Crippen LogP contribution is 2.21. The molecule has 1 rings (SSSR count). The van der Waals surface area contributed by atoms with Crippen LogP contribution in [0, 0.1) is 5.41 Å². The quantitative estimate of drug-likeness (QED) is 0.838. The number of ether oxygens (including phenoxy) is 1. The van der Waals surface area contributed by atoms with E-state index < -0.39 is 11.4 Å². The fourth-order valence-electron chi connectivity index (χ4n) is 1.29. The van der Waals surface area contributed by atoms with Crippen LogP contribution >= 0.6 is 0 Å². The molecule has 1 aromatic rings. The van der Waals surface area contributed by atoms with Gasteiger partial charge in [-0.3, -0.25) is 4.79 Å². The SMILES string of the molecule is CCOC(=O)c1ccccc1NC(=O)C(C)(C)C. The third-order valence-corrected chi connectivity index (χ3v) is 2.35. The molecule has 1 amide bonds. The summed E-state index contributed by atoms with van der Waals surface area (Å²) in [5.41, 5.74) is 0.342. The van der Waals surface area contributed by atoms with Gasteiger partial charge < -0.3 is 10.1 Å². The molecule has 0 fully saturated rings. The van der Waals surface area contributed by atoms with Crippen molar-refractivity contribution in [3.05, 3.63) is 29.8 Å². The second-order valence-electron chi connectivity index (χ2n) is 4.97. The van der Waals surface area contributed by atoms with Crippen LogP contribution in [0.3, 0.4) is 0 Å². The first-order chi connectivity index (χ1) is 8.36. The maximum atomic E-state index is 11.9. The smallest absolute Gasteiger partial charge is 0.340 e. The average molecular weight is 249 g/mol. The predicted molar refractivity (Wildman–Crippen MR) is 70.5 cm³/mol. The second kappa shape index (κ2) is 5.67. The van der Waals surface area contributed by atoms with E-state index in [4.69, 9.17) is 4.74 Å². The van der Waals surface area contributed by atoms with Crippen LogP contribution in [0.5, 0.6) is 0 Å². The van der Waals surface area contributed by atoms with E-state index in [1.165, 1.54) is 0 Å². The fourth-order valence-corrected chi connectivity index (χ4v) is 1.29. The number of hydrogen-bond donors (Lipinski definition) is 1. The third-order valence-electron chi connectivity index (χ3n) is 2.35. The molecule has 0 spiro atoms. The van der Waals surface area contributed by atoms with E-state index in [1.54, 1.807) is 31.2 Å². The lowest BCUT2D eigenvalue weighted by Crippen LogP contribution is -2.28. The van der Waals surface area contributed by atoms with Gasteiger partial charge in [-0.05, 0) is 19.1 Å². The van der Waals surface area contributed by atoms with Crippen LogP contribution < -0.4 is 5.32 Å². The van der Waals surface area contributed by atoms with Crippen LogP contribution in [0.25, 0.3) is 0 Å². The number of para-hydroxylation sites is 1. The van der Waals surface area contributed by atoms with E-state index in [0.717, 1.165) is 0 Å². The highest BCUT2D eigenvalue weighted by atomic mass is 16.5. The molecule has 0 saturated heterocycles. The molecule has 0 aliphatic heterocycles. The van der Waals surface area contributed by atoms with Crippen molar-refractivity contribution in [1.29, 1.82) is 0 Å². The van der Waals surface area contributed by atoms with Gasteiger partial charge in [0.25, 0.3) is 0 Å². The molecule has 0 saturated carbocycles. The monoisotopic (exact) mass is 249 g/mol. The number of carbonyl (C=O) groups excluding carboxylic acids is 2. The topological polar surface area (TPSA) is 55.4 Å². The minimum Gasteiger partial charge on any atom is -0.462 e. The number of anilines is 1. The lowest BCUT2D eigenvalue weighted by atomic mass is 9.95. The van der Waals surface area contributed by atoms with Crippen molar-refractivity contribution in [2.75, 3.05) is 11.9 Å². The molecule has 0 atom stereocenters. The van der Waals surface area contributed by atoms with E-state index in [-0.39, 0.29) is 5.91 Å². The van der Waals surface area contributed by atoms with Crippen molar-refractivity contribution < 1.29 is 14.3 Å². The lowest BCUT2D eigenvalue weighted by Gasteiger charge is -2.18. The van der Waals surface area contributed by atoms with Gasteiger partial charge in [0, 0.05) is 5.41 Å². The zero-order valence-corrected chi connectivity index (χ0v) is 11.2. The van der Waals surface area contributed by atoms with Crippen molar-refractivity contribution >= 4 is 17.6 Å². The first-order valence-electron chi connectivity index (χ1n) is 5.94. The molecule has 0 aliphatic rings. The van der Waals surface area contributed by atoms with E-state index in [2.05, 4.69) is 5.32 Å². The second-order valence-corrected chi connectivity index (χ2v) is 4.97. The van der Waals surface area contributed by atoms with Gasteiger partial charge in [-0.2, -0.15) is 0 Å². The van der Waals surface area contributed by atoms with Gasteiger partial charge in [0.2, 0.25) is 5.91 Å². The van der Waals surface area contributed by atoms with E-state index in [1.807, 2.05) is 20.8 Å². The van der Waals surface area contributed by atoms with Gasteiger partial charge in [0.05, 0.1) is 17.9 Å². The van der Waals surface area contributed by atoms with Crippen LogP contribution in [0.2, 0.25) is 0 Å². The number of amides is 1. The summed E-state index contributed by atoms with van der Waals surface area (Å²) in [7, 11) is 0. The fraction of sp³-hybridized carbons (Fsp3) is 0.429. The molecular weight excluding hydrogens is 230 g/mol. The summed E-state index contributed by atoms with van der Waals surface area (Å²) in [6.45, 7) is 7.49. The van der Waals surface area contributed by atoms with Gasteiger partial charge in [-0.25, -0.2) is 4.79 Å². The largest absolute Gasteiger partial charge is 0.462 e. The molecule has 0 heterocycles. The Bertz CT molecular complexity index is 447. The zero-order valence-electron chi connectivity index (χ0n) is 11.2. The molecule has 0 aromatic heterocycles. The summed E-state index contributed by atoms with van der Waals surface area (Å²) in [6.07, 6.45) is 0. The molecule has 0 aliphatic carbocycles. The maximum absolute atomic E-state index is 11.9. The Morgan fingerprint density at radius 3 is 2.39 bits per heavy atom. The standard InChI is InChI=1S/C14H19NO3/c1-5-18-12(16)10-8-6-7-9-11(10)15-13(17)14(2,3)4/h6-9H,5H2,1-4H3,(H,15,17). The van der Waals surface area contributed by atoms with Crippen molar-refractivity contribution in [2.24, 2.45) is 5.41 Å². The van der Waals surface area contributed by atoms with Crippen molar-refractivity contribution in [3.8, 4) is 0 Å². The van der Waals surface area contributed by atoms with Crippen molar-refractivity contribution in [1.82, 2.24) is 0 Å². The number of nitrogens with one attached hydrogen (secondary N) is 1. The summed E-state index contributed by atoms with van der Waals surface area (Å²) in [5.74, 6) is -0.568. The first-order valence-corrected chi connectivity index (χ1v) is 5.94. The summed E-state index contributed by atoms with van der Waals surface area (Å²) < 4.78 is 4.95. The molecular formula is C14H19NO3. The van der Waals surface area contributed by atoms with E-state index in [0.29, 0.717) is 17.9 Å².